The Hall–Kier alpha value is -0.330. The number of carbonyl (C=O) groups is 1. The third-order valence-electron chi connectivity index (χ3n) is 2.88. The molecule has 0 N–H and O–H groups in total. The van der Waals surface area contributed by atoms with E-state index in [0.717, 1.165) is 12.8 Å². The Morgan fingerprint density at radius 2 is 1.89 bits per heavy atom. The van der Waals surface area contributed by atoms with Crippen LogP contribution in [0.1, 0.15) is 26.7 Å². The Balaban J connectivity index is 4.87. The molecule has 5 nitrogen and oxygen atoms in total. The molecule has 0 unspecified atom stereocenters. The molecule has 0 fully saturated rings. The van der Waals surface area contributed by atoms with Gasteiger partial charge in [0.2, 0.25) is 10.0 Å². The van der Waals surface area contributed by atoms with Gasteiger partial charge in [0, 0.05) is 12.4 Å². The maximum atomic E-state index is 12.0. The third kappa shape index (κ3) is 6.02. The fourth-order valence-corrected chi connectivity index (χ4v) is 3.32. The molecule has 7 heteroatoms. The van der Waals surface area contributed by atoms with Crippen LogP contribution < -0.4 is 0 Å². The van der Waals surface area contributed by atoms with Gasteiger partial charge in [-0.15, -0.1) is 11.6 Å². The zero-order chi connectivity index (χ0) is 14.2. The van der Waals surface area contributed by atoms with E-state index >= 15 is 0 Å². The number of halogens is 1. The van der Waals surface area contributed by atoms with Gasteiger partial charge in [0.1, 0.15) is 6.54 Å². The molecular formula is C11H22ClNO4S. The number of ether oxygens (including phenoxy) is 1. The molecule has 0 aliphatic carbocycles. The minimum atomic E-state index is -3.49. The van der Waals surface area contributed by atoms with Crippen LogP contribution >= 0.6 is 11.6 Å². The van der Waals surface area contributed by atoms with Crippen molar-refractivity contribution in [1.82, 2.24) is 4.31 Å². The van der Waals surface area contributed by atoms with E-state index in [9.17, 15) is 13.2 Å². The molecule has 0 rings (SSSR count). The lowest BCUT2D eigenvalue weighted by Crippen LogP contribution is -2.41. The van der Waals surface area contributed by atoms with Crippen molar-refractivity contribution in [3.05, 3.63) is 0 Å². The summed E-state index contributed by atoms with van der Waals surface area (Å²) >= 11 is 5.48. The standard InChI is InChI=1S/C11H22ClNO4S/c1-4-10(5-2)8-13(9-11(14)17-3)18(15,16)7-6-12/h10H,4-9H2,1-3H3. The lowest BCUT2D eigenvalue weighted by Gasteiger charge is -2.24. The summed E-state index contributed by atoms with van der Waals surface area (Å²) in [5.41, 5.74) is 0. The topological polar surface area (TPSA) is 63.7 Å². The van der Waals surface area contributed by atoms with Gasteiger partial charge >= 0.3 is 5.97 Å². The Morgan fingerprint density at radius 3 is 2.28 bits per heavy atom. The molecule has 0 amide bonds. The van der Waals surface area contributed by atoms with E-state index in [0.29, 0.717) is 6.54 Å². The second-order valence-corrected chi connectivity index (χ2v) is 6.52. The number of esters is 1. The molecule has 0 spiro atoms. The molecule has 0 aliphatic rings. The lowest BCUT2D eigenvalue weighted by molar-refractivity contribution is -0.140. The van der Waals surface area contributed by atoms with E-state index in [1.165, 1.54) is 11.4 Å². The monoisotopic (exact) mass is 299 g/mol. The van der Waals surface area contributed by atoms with Crippen LogP contribution in [0, 0.1) is 5.92 Å². The Kier molecular flexibility index (Phi) is 8.56. The number of sulfonamides is 1. The first kappa shape index (κ1) is 17.7. The largest absolute Gasteiger partial charge is 0.468 e. The quantitative estimate of drug-likeness (QED) is 0.478. The maximum Gasteiger partial charge on any atom is 0.321 e. The van der Waals surface area contributed by atoms with Crippen molar-refractivity contribution in [1.29, 1.82) is 0 Å². The van der Waals surface area contributed by atoms with Gasteiger partial charge in [0.05, 0.1) is 12.9 Å². The number of methoxy groups -OCH3 is 1. The number of nitrogens with zero attached hydrogens (tertiary/aromatic N) is 1. The van der Waals surface area contributed by atoms with Gasteiger partial charge in [-0.05, 0) is 5.92 Å². The summed E-state index contributed by atoms with van der Waals surface area (Å²) < 4.78 is 29.7. The predicted molar refractivity (Wildman–Crippen MR) is 72.2 cm³/mol. The summed E-state index contributed by atoms with van der Waals surface area (Å²) in [4.78, 5) is 11.3. The van der Waals surface area contributed by atoms with Gasteiger partial charge in [0.15, 0.2) is 0 Å². The van der Waals surface area contributed by atoms with Gasteiger partial charge in [-0.2, -0.15) is 4.31 Å². The van der Waals surface area contributed by atoms with Gasteiger partial charge in [-0.3, -0.25) is 4.79 Å². The molecular weight excluding hydrogens is 278 g/mol. The normalized spacial score (nSPS) is 12.1. The maximum absolute atomic E-state index is 12.0. The number of alkyl halides is 1. The van der Waals surface area contributed by atoms with Crippen molar-refractivity contribution < 1.29 is 17.9 Å². The summed E-state index contributed by atoms with van der Waals surface area (Å²) in [7, 11) is -2.25. The van der Waals surface area contributed by atoms with E-state index < -0.39 is 16.0 Å². The number of carbonyl (C=O) groups excluding carboxylic acids is 1. The van der Waals surface area contributed by atoms with Gasteiger partial charge in [-0.25, -0.2) is 8.42 Å². The van der Waals surface area contributed by atoms with Crippen molar-refractivity contribution in [2.24, 2.45) is 5.92 Å². The van der Waals surface area contributed by atoms with Crippen LogP contribution in [-0.4, -0.2) is 50.5 Å². The summed E-state index contributed by atoms with van der Waals surface area (Å²) in [6.07, 6.45) is 1.73. The number of hydrogen-bond acceptors (Lipinski definition) is 4. The Labute approximate surface area is 114 Å². The molecule has 0 atom stereocenters. The first-order valence-corrected chi connectivity index (χ1v) is 8.16. The molecule has 0 heterocycles. The molecule has 0 aliphatic heterocycles. The molecule has 0 aromatic rings. The van der Waals surface area contributed by atoms with E-state index in [1.807, 2.05) is 13.8 Å². The Morgan fingerprint density at radius 1 is 1.33 bits per heavy atom. The van der Waals surface area contributed by atoms with Crippen molar-refractivity contribution >= 4 is 27.6 Å². The van der Waals surface area contributed by atoms with Crippen LogP contribution in [0.4, 0.5) is 0 Å². The molecule has 0 aromatic carbocycles. The lowest BCUT2D eigenvalue weighted by atomic mass is 10.0. The average molecular weight is 300 g/mol. The van der Waals surface area contributed by atoms with E-state index in [1.54, 1.807) is 0 Å². The van der Waals surface area contributed by atoms with Gasteiger partial charge in [0.25, 0.3) is 0 Å². The SMILES string of the molecule is CCC(CC)CN(CC(=O)OC)S(=O)(=O)CCCl. The van der Waals surface area contributed by atoms with E-state index in [-0.39, 0.29) is 24.1 Å². The van der Waals surface area contributed by atoms with Crippen LogP contribution in [0.5, 0.6) is 0 Å². The number of rotatable bonds is 9. The van der Waals surface area contributed by atoms with Crippen molar-refractivity contribution in [3.63, 3.8) is 0 Å². The van der Waals surface area contributed by atoms with E-state index in [2.05, 4.69) is 4.74 Å². The molecule has 0 bridgehead atoms. The van der Waals surface area contributed by atoms with Gasteiger partial charge in [-0.1, -0.05) is 26.7 Å². The molecule has 0 radical (unpaired) electrons. The average Bonchev–Trinajstić information content (AvgIpc) is 2.33. The summed E-state index contributed by atoms with van der Waals surface area (Å²) in [5, 5.41) is 0. The minimum absolute atomic E-state index is 0.0168. The molecule has 0 saturated heterocycles. The zero-order valence-electron chi connectivity index (χ0n) is 11.2. The summed E-state index contributed by atoms with van der Waals surface area (Å²) in [5.74, 6) is -0.465. The highest BCUT2D eigenvalue weighted by Crippen LogP contribution is 2.13. The van der Waals surface area contributed by atoms with Crippen LogP contribution in [0.15, 0.2) is 0 Å². The highest BCUT2D eigenvalue weighted by molar-refractivity contribution is 7.89. The fraction of sp³-hybridized carbons (Fsp3) is 0.909. The first-order chi connectivity index (χ1) is 8.41. The first-order valence-electron chi connectivity index (χ1n) is 6.01. The molecule has 18 heavy (non-hydrogen) atoms. The zero-order valence-corrected chi connectivity index (χ0v) is 12.8. The van der Waals surface area contributed by atoms with Crippen molar-refractivity contribution in [2.75, 3.05) is 31.8 Å². The van der Waals surface area contributed by atoms with Crippen LogP contribution in [0.3, 0.4) is 0 Å². The molecule has 0 saturated carbocycles. The van der Waals surface area contributed by atoms with Gasteiger partial charge < -0.3 is 4.74 Å². The molecule has 108 valence electrons. The molecule has 0 aromatic heterocycles. The minimum Gasteiger partial charge on any atom is -0.468 e. The summed E-state index contributed by atoms with van der Waals surface area (Å²) in [6, 6.07) is 0. The highest BCUT2D eigenvalue weighted by Gasteiger charge is 2.26. The summed E-state index contributed by atoms with van der Waals surface area (Å²) in [6.45, 7) is 4.09. The number of hydrogen-bond donors (Lipinski definition) is 0. The Bertz CT molecular complexity index is 341. The predicted octanol–water partition coefficient (Wildman–Crippen LogP) is 1.47. The fourth-order valence-electron chi connectivity index (χ4n) is 1.55. The second kappa shape index (κ2) is 8.72. The highest BCUT2D eigenvalue weighted by atomic mass is 35.5. The van der Waals surface area contributed by atoms with Crippen molar-refractivity contribution in [2.45, 2.75) is 26.7 Å². The second-order valence-electron chi connectivity index (χ2n) is 4.06. The van der Waals surface area contributed by atoms with Crippen LogP contribution in [-0.2, 0) is 19.6 Å². The smallest absolute Gasteiger partial charge is 0.321 e. The third-order valence-corrected chi connectivity index (χ3v) is 5.08. The van der Waals surface area contributed by atoms with Crippen LogP contribution in [0.25, 0.3) is 0 Å². The van der Waals surface area contributed by atoms with E-state index in [4.69, 9.17) is 11.6 Å². The van der Waals surface area contributed by atoms with Crippen molar-refractivity contribution in [3.8, 4) is 0 Å². The van der Waals surface area contributed by atoms with Crippen LogP contribution in [0.2, 0.25) is 0 Å².